The lowest BCUT2D eigenvalue weighted by molar-refractivity contribution is 0.100. The highest BCUT2D eigenvalue weighted by Crippen LogP contribution is 2.16. The topological polar surface area (TPSA) is 61.6 Å². The molecule has 0 spiro atoms. The number of carbonyl (C=O) groups excluding carboxylic acids is 1. The van der Waals surface area contributed by atoms with Gasteiger partial charge in [-0.15, -0.1) is 0 Å². The monoisotopic (exact) mass is 199 g/mol. The fraction of sp³-hybridized carbons (Fsp3) is 0.556. The number of hydrogen-bond donors (Lipinski definition) is 0. The molecule has 0 aliphatic carbocycles. The largest absolute Gasteiger partial charge is 0.380 e. The zero-order valence-electron chi connectivity index (χ0n) is 8.49. The molecular weight excluding hydrogens is 186 g/mol. The van der Waals surface area contributed by atoms with E-state index < -0.39 is 0 Å². The van der Waals surface area contributed by atoms with E-state index in [0.717, 1.165) is 0 Å². The summed E-state index contributed by atoms with van der Waals surface area (Å²) in [6.45, 7) is 2.03. The second-order valence-corrected chi connectivity index (χ2v) is 2.86. The first-order valence-corrected chi connectivity index (χ1v) is 4.17. The van der Waals surface area contributed by atoms with Gasteiger partial charge in [0.15, 0.2) is 17.2 Å². The molecule has 0 N–H and O–H groups in total. The number of methoxy groups -OCH3 is 2. The molecule has 0 amide bonds. The number of ketones is 1. The highest BCUT2D eigenvalue weighted by Gasteiger charge is 2.18. The maximum Gasteiger partial charge on any atom is 0.182 e. The zero-order valence-corrected chi connectivity index (χ0v) is 8.49. The number of ether oxygens (including phenoxy) is 2. The molecule has 0 atom stereocenters. The molecule has 1 aromatic rings. The molecule has 0 aliphatic rings. The molecule has 0 unspecified atom stereocenters. The minimum Gasteiger partial charge on any atom is -0.380 e. The molecule has 0 saturated carbocycles. The van der Waals surface area contributed by atoms with Crippen LogP contribution in [-0.2, 0) is 22.7 Å². The van der Waals surface area contributed by atoms with Gasteiger partial charge in [-0.05, 0) is 0 Å². The van der Waals surface area contributed by atoms with Crippen molar-refractivity contribution >= 4 is 5.78 Å². The third-order valence-electron chi connectivity index (χ3n) is 1.77. The molecule has 0 bridgehead atoms. The summed E-state index contributed by atoms with van der Waals surface area (Å²) in [4.78, 5) is 11.1. The SMILES string of the molecule is COCc1onc(C(C)=O)c1COC. The fourth-order valence-corrected chi connectivity index (χ4v) is 1.16. The number of carbonyl (C=O) groups is 1. The summed E-state index contributed by atoms with van der Waals surface area (Å²) < 4.78 is 14.8. The van der Waals surface area contributed by atoms with Crippen LogP contribution in [0, 0.1) is 0 Å². The number of aromatic nitrogens is 1. The number of Topliss-reactive ketones (excluding diaryl/α,β-unsaturated/α-hetero) is 1. The third-order valence-corrected chi connectivity index (χ3v) is 1.77. The summed E-state index contributed by atoms with van der Waals surface area (Å²) in [6.07, 6.45) is 0. The van der Waals surface area contributed by atoms with Crippen molar-refractivity contribution in [3.05, 3.63) is 17.0 Å². The lowest BCUT2D eigenvalue weighted by atomic mass is 10.1. The predicted octanol–water partition coefficient (Wildman–Crippen LogP) is 1.17. The first-order valence-electron chi connectivity index (χ1n) is 4.17. The summed E-state index contributed by atoms with van der Waals surface area (Å²) in [5, 5.41) is 3.67. The maximum atomic E-state index is 11.1. The molecule has 0 fully saturated rings. The fourth-order valence-electron chi connectivity index (χ4n) is 1.16. The van der Waals surface area contributed by atoms with Gasteiger partial charge in [0.2, 0.25) is 0 Å². The molecule has 1 aromatic heterocycles. The van der Waals surface area contributed by atoms with Crippen molar-refractivity contribution in [1.82, 2.24) is 5.16 Å². The summed E-state index contributed by atoms with van der Waals surface area (Å²) in [7, 11) is 3.10. The van der Waals surface area contributed by atoms with Crippen LogP contribution in [0.1, 0.15) is 28.7 Å². The summed E-state index contributed by atoms with van der Waals surface area (Å²) in [5.41, 5.74) is 0.987. The van der Waals surface area contributed by atoms with Gasteiger partial charge >= 0.3 is 0 Å². The average Bonchev–Trinajstić information content (AvgIpc) is 2.50. The third kappa shape index (κ3) is 2.18. The first-order chi connectivity index (χ1) is 6.70. The summed E-state index contributed by atoms with van der Waals surface area (Å²) in [6, 6.07) is 0. The van der Waals surface area contributed by atoms with E-state index in [1.54, 1.807) is 14.2 Å². The smallest absolute Gasteiger partial charge is 0.182 e. The van der Waals surface area contributed by atoms with Gasteiger partial charge < -0.3 is 14.0 Å². The second-order valence-electron chi connectivity index (χ2n) is 2.86. The van der Waals surface area contributed by atoms with Crippen LogP contribution in [0.25, 0.3) is 0 Å². The van der Waals surface area contributed by atoms with Crippen molar-refractivity contribution in [3.63, 3.8) is 0 Å². The van der Waals surface area contributed by atoms with Crippen LogP contribution in [0.2, 0.25) is 0 Å². The van der Waals surface area contributed by atoms with Gasteiger partial charge in [0.05, 0.1) is 12.2 Å². The van der Waals surface area contributed by atoms with E-state index in [1.807, 2.05) is 0 Å². The molecule has 5 heteroatoms. The van der Waals surface area contributed by atoms with Gasteiger partial charge in [0, 0.05) is 21.1 Å². The van der Waals surface area contributed by atoms with Crippen molar-refractivity contribution in [1.29, 1.82) is 0 Å². The predicted molar refractivity (Wildman–Crippen MR) is 47.9 cm³/mol. The van der Waals surface area contributed by atoms with Gasteiger partial charge in [0.25, 0.3) is 0 Å². The van der Waals surface area contributed by atoms with E-state index in [9.17, 15) is 4.79 Å². The Morgan fingerprint density at radius 3 is 2.50 bits per heavy atom. The van der Waals surface area contributed by atoms with Gasteiger partial charge in [-0.3, -0.25) is 4.79 Å². The van der Waals surface area contributed by atoms with Gasteiger partial charge in [0.1, 0.15) is 6.61 Å². The van der Waals surface area contributed by atoms with Crippen LogP contribution >= 0.6 is 0 Å². The lowest BCUT2D eigenvalue weighted by Gasteiger charge is -1.99. The number of nitrogens with zero attached hydrogens (tertiary/aromatic N) is 1. The Kier molecular flexibility index (Phi) is 3.79. The molecule has 78 valence electrons. The summed E-state index contributed by atoms with van der Waals surface area (Å²) in [5.74, 6) is 0.405. The molecule has 1 rings (SSSR count). The van der Waals surface area contributed by atoms with E-state index in [0.29, 0.717) is 30.2 Å². The quantitative estimate of drug-likeness (QED) is 0.666. The Hall–Kier alpha value is -1.20. The van der Waals surface area contributed by atoms with Crippen LogP contribution in [0.4, 0.5) is 0 Å². The zero-order chi connectivity index (χ0) is 10.6. The average molecular weight is 199 g/mol. The van der Waals surface area contributed by atoms with Gasteiger partial charge in [-0.2, -0.15) is 0 Å². The van der Waals surface area contributed by atoms with Crippen LogP contribution < -0.4 is 0 Å². The van der Waals surface area contributed by atoms with Crippen LogP contribution in [0.3, 0.4) is 0 Å². The van der Waals surface area contributed by atoms with Crippen LogP contribution in [-0.4, -0.2) is 25.2 Å². The molecule has 0 aliphatic heterocycles. The highest BCUT2D eigenvalue weighted by molar-refractivity contribution is 5.93. The first kappa shape index (κ1) is 10.9. The number of hydrogen-bond acceptors (Lipinski definition) is 5. The van der Waals surface area contributed by atoms with Crippen molar-refractivity contribution in [2.75, 3.05) is 14.2 Å². The minimum atomic E-state index is -0.136. The molecule has 5 nitrogen and oxygen atoms in total. The van der Waals surface area contributed by atoms with E-state index >= 15 is 0 Å². The Morgan fingerprint density at radius 2 is 2.00 bits per heavy atom. The molecule has 0 radical (unpaired) electrons. The van der Waals surface area contributed by atoms with Crippen molar-refractivity contribution in [3.8, 4) is 0 Å². The van der Waals surface area contributed by atoms with Crippen molar-refractivity contribution in [2.45, 2.75) is 20.1 Å². The summed E-state index contributed by atoms with van der Waals surface area (Å²) >= 11 is 0. The maximum absolute atomic E-state index is 11.1. The normalized spacial score (nSPS) is 10.5. The molecule has 0 saturated heterocycles. The Bertz CT molecular complexity index is 319. The van der Waals surface area contributed by atoms with Crippen molar-refractivity contribution in [2.24, 2.45) is 0 Å². The second kappa shape index (κ2) is 4.88. The standard InChI is InChI=1S/C9H13NO4/c1-6(11)9-7(4-12-2)8(5-13-3)14-10-9/h4-5H2,1-3H3. The van der Waals surface area contributed by atoms with E-state index in [1.165, 1.54) is 6.92 Å². The minimum absolute atomic E-state index is 0.136. The highest BCUT2D eigenvalue weighted by atomic mass is 16.5. The Labute approximate surface area is 82.0 Å². The molecular formula is C9H13NO4. The molecule has 1 heterocycles. The van der Waals surface area contributed by atoms with Gasteiger partial charge in [-0.25, -0.2) is 0 Å². The van der Waals surface area contributed by atoms with E-state index in [-0.39, 0.29) is 5.78 Å². The molecule has 0 aromatic carbocycles. The molecule has 14 heavy (non-hydrogen) atoms. The van der Waals surface area contributed by atoms with Gasteiger partial charge in [-0.1, -0.05) is 5.16 Å². The van der Waals surface area contributed by atoms with E-state index in [2.05, 4.69) is 5.16 Å². The van der Waals surface area contributed by atoms with Crippen LogP contribution in [0.15, 0.2) is 4.52 Å². The Balaban J connectivity index is 3.00. The number of rotatable bonds is 5. The van der Waals surface area contributed by atoms with Crippen molar-refractivity contribution < 1.29 is 18.8 Å². The van der Waals surface area contributed by atoms with Crippen LogP contribution in [0.5, 0.6) is 0 Å². The van der Waals surface area contributed by atoms with E-state index in [4.69, 9.17) is 14.0 Å². The lowest BCUT2D eigenvalue weighted by Crippen LogP contribution is -2.01. The Morgan fingerprint density at radius 1 is 1.36 bits per heavy atom.